The second kappa shape index (κ2) is 12.5. The lowest BCUT2D eigenvalue weighted by Crippen LogP contribution is -2.34. The molecule has 0 atom stereocenters. The van der Waals surface area contributed by atoms with Gasteiger partial charge in [-0.25, -0.2) is 14.8 Å². The van der Waals surface area contributed by atoms with Crippen molar-refractivity contribution in [1.82, 2.24) is 15.0 Å². The van der Waals surface area contributed by atoms with Crippen LogP contribution in [0.15, 0.2) is 84.2 Å². The maximum absolute atomic E-state index is 13.9. The van der Waals surface area contributed by atoms with Gasteiger partial charge < -0.3 is 15.6 Å². The predicted molar refractivity (Wildman–Crippen MR) is 171 cm³/mol. The van der Waals surface area contributed by atoms with Gasteiger partial charge in [0.05, 0.1) is 17.1 Å². The highest BCUT2D eigenvalue weighted by Gasteiger charge is 2.33. The maximum atomic E-state index is 13.9. The molecule has 1 aromatic heterocycles. The average Bonchev–Trinajstić information content (AvgIpc) is 3.52. The Morgan fingerprint density at radius 1 is 0.976 bits per heavy atom. The van der Waals surface area contributed by atoms with Gasteiger partial charge in [0.15, 0.2) is 0 Å². The topological polar surface area (TPSA) is 88.7 Å². The number of aromatic amines is 1. The first-order chi connectivity index (χ1) is 20.6. The summed E-state index contributed by atoms with van der Waals surface area (Å²) in [7, 11) is 1.77. The molecule has 0 radical (unpaired) electrons. The molecule has 6 rings (SSSR count). The van der Waals surface area contributed by atoms with Crippen LogP contribution in [0.3, 0.4) is 0 Å². The van der Waals surface area contributed by atoms with Crippen molar-refractivity contribution in [2.75, 3.05) is 29.1 Å². The normalized spacial score (nSPS) is 15.7. The number of carbonyl (C=O) groups excluding carboxylic acids is 1. The second-order valence-electron chi connectivity index (χ2n) is 11.2. The van der Waals surface area contributed by atoms with Crippen molar-refractivity contribution in [1.29, 1.82) is 0 Å². The smallest absolute Gasteiger partial charge is 0.349 e. The fourth-order valence-electron chi connectivity index (χ4n) is 5.99. The molecule has 0 spiro atoms. The minimum Gasteiger partial charge on any atom is -0.385 e. The van der Waals surface area contributed by atoms with Crippen molar-refractivity contribution in [3.05, 3.63) is 102 Å². The van der Waals surface area contributed by atoms with E-state index in [9.17, 15) is 4.79 Å². The van der Waals surface area contributed by atoms with Gasteiger partial charge in [-0.2, -0.15) is 5.10 Å². The van der Waals surface area contributed by atoms with Crippen LogP contribution in [0.25, 0.3) is 0 Å². The first kappa shape index (κ1) is 27.6. The Kier molecular flexibility index (Phi) is 8.21. The summed E-state index contributed by atoms with van der Waals surface area (Å²) in [6.07, 6.45) is 10.3. The van der Waals surface area contributed by atoms with Crippen molar-refractivity contribution < 1.29 is 4.79 Å². The molecule has 2 aliphatic rings. The Bertz CT molecular complexity index is 1520. The van der Waals surface area contributed by atoms with Crippen molar-refractivity contribution in [3.8, 4) is 0 Å². The molecule has 3 aromatic carbocycles. The van der Waals surface area contributed by atoms with Gasteiger partial charge in [0.25, 0.3) is 0 Å². The molecule has 1 fully saturated rings. The van der Waals surface area contributed by atoms with E-state index in [-0.39, 0.29) is 6.03 Å². The molecule has 42 heavy (non-hydrogen) atoms. The number of benzene rings is 3. The van der Waals surface area contributed by atoms with Crippen LogP contribution in [0.4, 0.5) is 27.5 Å². The van der Waals surface area contributed by atoms with Crippen molar-refractivity contribution in [3.63, 3.8) is 0 Å². The third-order valence-corrected chi connectivity index (χ3v) is 8.27. The molecule has 2 amide bonds. The van der Waals surface area contributed by atoms with Gasteiger partial charge in [0, 0.05) is 61.8 Å². The number of aryl methyl sites for hydroxylation is 1. The lowest BCUT2D eigenvalue weighted by Gasteiger charge is -2.27. The van der Waals surface area contributed by atoms with Crippen molar-refractivity contribution >= 4 is 34.5 Å². The van der Waals surface area contributed by atoms with Crippen molar-refractivity contribution in [2.45, 2.75) is 52.0 Å². The number of anilines is 4. The van der Waals surface area contributed by atoms with Gasteiger partial charge >= 0.3 is 6.03 Å². The molecule has 8 heteroatoms. The number of H-pyrrole nitrogens is 1. The Labute approximate surface area is 247 Å². The van der Waals surface area contributed by atoms with Gasteiger partial charge in [-0.05, 0) is 67.3 Å². The molecule has 0 unspecified atom stereocenters. The summed E-state index contributed by atoms with van der Waals surface area (Å²) in [5.74, 6) is 1.29. The molecular formula is C34H39N7O. The molecule has 216 valence electrons. The lowest BCUT2D eigenvalue weighted by atomic mass is 9.82. The van der Waals surface area contributed by atoms with Crippen LogP contribution >= 0.6 is 0 Å². The van der Waals surface area contributed by atoms with Crippen LogP contribution in [0.5, 0.6) is 0 Å². The van der Waals surface area contributed by atoms with E-state index in [2.05, 4.69) is 63.9 Å². The number of carbonyl (C=O) groups is 1. The Hall–Kier alpha value is -4.59. The number of fused-ring (bicyclic) bond motifs is 1. The van der Waals surface area contributed by atoms with Crippen LogP contribution in [0.1, 0.15) is 54.6 Å². The summed E-state index contributed by atoms with van der Waals surface area (Å²) in [5, 5.41) is 13.6. The fraction of sp³-hybridized carbons (Fsp3) is 0.324. The van der Waals surface area contributed by atoms with Gasteiger partial charge in [0.2, 0.25) is 0 Å². The summed E-state index contributed by atoms with van der Waals surface area (Å²) in [6, 6.07) is 22.7. The molecule has 8 nitrogen and oxygen atoms in total. The Morgan fingerprint density at radius 2 is 1.76 bits per heavy atom. The summed E-state index contributed by atoms with van der Waals surface area (Å²) in [4.78, 5) is 23.2. The molecule has 4 aromatic rings. The van der Waals surface area contributed by atoms with Gasteiger partial charge in [0.1, 0.15) is 5.82 Å². The number of nitrogens with zero attached hydrogens (tertiary/aromatic N) is 4. The SMILES string of the molecule is Cc1cc2c(cc1NCc1ccccc1)C(C1CCCCC1)=NN(C)C(=O)N2c1ccc(NCCc2ncc[nH]2)cc1. The van der Waals surface area contributed by atoms with Crippen molar-refractivity contribution in [2.24, 2.45) is 11.0 Å². The van der Waals surface area contributed by atoms with E-state index in [4.69, 9.17) is 5.10 Å². The third kappa shape index (κ3) is 6.03. The van der Waals surface area contributed by atoms with Crippen LogP contribution < -0.4 is 15.5 Å². The van der Waals surface area contributed by atoms with E-state index in [0.29, 0.717) is 5.92 Å². The molecule has 1 aliphatic carbocycles. The summed E-state index contributed by atoms with van der Waals surface area (Å²) in [6.45, 7) is 3.60. The van der Waals surface area contributed by atoms with Gasteiger partial charge in [-0.3, -0.25) is 4.90 Å². The minimum absolute atomic E-state index is 0.162. The number of urea groups is 1. The molecule has 1 aliphatic heterocycles. The minimum atomic E-state index is -0.162. The first-order valence-electron chi connectivity index (χ1n) is 15.0. The highest BCUT2D eigenvalue weighted by Crippen LogP contribution is 2.40. The maximum Gasteiger partial charge on any atom is 0.349 e. The average molecular weight is 562 g/mol. The summed E-state index contributed by atoms with van der Waals surface area (Å²) >= 11 is 0. The fourth-order valence-corrected chi connectivity index (χ4v) is 5.99. The standard InChI is InChI=1S/C34H39N7O/c1-24-21-31-29(22-30(24)38-23-25-9-5-3-6-10-25)33(26-11-7-4-8-12-26)39-40(2)34(42)41(31)28-15-13-27(14-16-28)35-18-17-32-36-19-20-37-32/h3,5-6,9-10,13-16,19-22,26,35,38H,4,7-8,11-12,17-18,23H2,1-2H3,(H,36,37). The number of hydrazone groups is 1. The summed E-state index contributed by atoms with van der Waals surface area (Å²) < 4.78 is 0. The molecular weight excluding hydrogens is 522 g/mol. The number of hydrogen-bond acceptors (Lipinski definition) is 5. The number of imidazole rings is 1. The third-order valence-electron chi connectivity index (χ3n) is 8.27. The van der Waals surface area contributed by atoms with Gasteiger partial charge in [-0.1, -0.05) is 49.6 Å². The summed E-state index contributed by atoms with van der Waals surface area (Å²) in [5.41, 5.74) is 8.12. The van der Waals surface area contributed by atoms with Crippen LogP contribution in [0.2, 0.25) is 0 Å². The van der Waals surface area contributed by atoms with Crippen LogP contribution in [-0.4, -0.2) is 40.3 Å². The highest BCUT2D eigenvalue weighted by molar-refractivity contribution is 6.14. The Balaban J connectivity index is 1.33. The zero-order chi connectivity index (χ0) is 28.9. The van der Waals surface area contributed by atoms with E-state index < -0.39 is 0 Å². The molecule has 1 saturated carbocycles. The zero-order valence-corrected chi connectivity index (χ0v) is 24.4. The molecule has 3 N–H and O–H groups in total. The quantitative estimate of drug-likeness (QED) is 0.198. The van der Waals surface area contributed by atoms with Crippen LogP contribution in [0, 0.1) is 12.8 Å². The number of aromatic nitrogens is 2. The van der Waals surface area contributed by atoms with Gasteiger partial charge in [-0.15, -0.1) is 0 Å². The van der Waals surface area contributed by atoms with E-state index in [1.807, 2.05) is 41.4 Å². The highest BCUT2D eigenvalue weighted by atomic mass is 16.2. The molecule has 0 saturated heterocycles. The van der Waals surface area contributed by atoms with E-state index in [0.717, 1.165) is 77.8 Å². The predicted octanol–water partition coefficient (Wildman–Crippen LogP) is 7.47. The second-order valence-corrected chi connectivity index (χ2v) is 11.2. The molecule has 0 bridgehead atoms. The first-order valence-corrected chi connectivity index (χ1v) is 15.0. The number of nitrogens with one attached hydrogen (secondary N) is 3. The van der Waals surface area contributed by atoms with E-state index >= 15 is 0 Å². The Morgan fingerprint density at radius 3 is 2.50 bits per heavy atom. The lowest BCUT2D eigenvalue weighted by molar-refractivity contribution is 0.220. The van der Waals surface area contributed by atoms with E-state index in [1.54, 1.807) is 13.2 Å². The van der Waals surface area contributed by atoms with E-state index in [1.165, 1.54) is 29.8 Å². The molecule has 2 heterocycles. The van der Waals surface area contributed by atoms with Crippen LogP contribution in [-0.2, 0) is 13.0 Å². The number of amides is 2. The largest absolute Gasteiger partial charge is 0.385 e. The number of hydrogen-bond donors (Lipinski definition) is 3. The number of rotatable bonds is 9. The monoisotopic (exact) mass is 561 g/mol. The zero-order valence-electron chi connectivity index (χ0n) is 24.4.